The molecule has 8 heteroatoms. The fraction of sp³-hybridized carbons (Fsp3) is 0.381. The Balaban J connectivity index is 1.49. The van der Waals surface area contributed by atoms with Crippen molar-refractivity contribution in [3.05, 3.63) is 48.5 Å². The zero-order valence-corrected chi connectivity index (χ0v) is 16.7. The van der Waals surface area contributed by atoms with E-state index in [-0.39, 0.29) is 18.6 Å². The minimum atomic E-state index is -0.165. The summed E-state index contributed by atoms with van der Waals surface area (Å²) in [5, 5.41) is 7.19. The van der Waals surface area contributed by atoms with Crippen LogP contribution in [0.3, 0.4) is 0 Å². The largest absolute Gasteiger partial charge is 0.483 e. The molecule has 0 saturated carbocycles. The van der Waals surface area contributed by atoms with Crippen LogP contribution < -0.4 is 10.1 Å². The minimum Gasteiger partial charge on any atom is -0.483 e. The van der Waals surface area contributed by atoms with Gasteiger partial charge in [-0.2, -0.15) is 5.10 Å². The standard InChI is InChI=1S/C21H25N5O3/c1-15-18(13-24-25(15)2)26-10-9-22-21(26)17-7-3-4-8-19(17)29-14-20(27)23-12-16-6-5-11-28-16/h3-4,7-10,13,16H,5-6,11-12,14H2,1-2H3,(H,23,27). The second-order valence-corrected chi connectivity index (χ2v) is 7.08. The Labute approximate surface area is 169 Å². The van der Waals surface area contributed by atoms with Crippen molar-refractivity contribution in [3.63, 3.8) is 0 Å². The topological polar surface area (TPSA) is 83.2 Å². The van der Waals surface area contributed by atoms with Crippen molar-refractivity contribution in [3.8, 4) is 22.8 Å². The molecule has 1 aliphatic heterocycles. The minimum absolute atomic E-state index is 0.0592. The Morgan fingerprint density at radius 1 is 1.38 bits per heavy atom. The molecule has 1 aromatic carbocycles. The number of carbonyl (C=O) groups is 1. The van der Waals surface area contributed by atoms with Gasteiger partial charge in [-0.1, -0.05) is 12.1 Å². The molecule has 8 nitrogen and oxygen atoms in total. The maximum Gasteiger partial charge on any atom is 0.258 e. The molecular weight excluding hydrogens is 370 g/mol. The molecule has 1 fully saturated rings. The van der Waals surface area contributed by atoms with Crippen LogP contribution in [0.1, 0.15) is 18.5 Å². The summed E-state index contributed by atoms with van der Waals surface area (Å²) in [5.41, 5.74) is 2.79. The van der Waals surface area contributed by atoms with E-state index in [4.69, 9.17) is 9.47 Å². The van der Waals surface area contributed by atoms with Gasteiger partial charge in [0.1, 0.15) is 11.6 Å². The molecule has 1 amide bonds. The van der Waals surface area contributed by atoms with Gasteiger partial charge in [-0.15, -0.1) is 0 Å². The predicted molar refractivity (Wildman–Crippen MR) is 108 cm³/mol. The molecule has 1 unspecified atom stereocenters. The number of imidazole rings is 1. The normalized spacial score (nSPS) is 16.1. The van der Waals surface area contributed by atoms with Crippen LogP contribution in [0.4, 0.5) is 0 Å². The zero-order chi connectivity index (χ0) is 20.2. The lowest BCUT2D eigenvalue weighted by Crippen LogP contribution is -2.35. The Hall–Kier alpha value is -3.13. The Morgan fingerprint density at radius 3 is 3.00 bits per heavy atom. The van der Waals surface area contributed by atoms with Crippen molar-refractivity contribution in [1.82, 2.24) is 24.6 Å². The zero-order valence-electron chi connectivity index (χ0n) is 16.7. The monoisotopic (exact) mass is 395 g/mol. The van der Waals surface area contributed by atoms with Gasteiger partial charge in [-0.3, -0.25) is 14.0 Å². The van der Waals surface area contributed by atoms with Gasteiger partial charge in [0, 0.05) is 32.6 Å². The van der Waals surface area contributed by atoms with Crippen molar-refractivity contribution in [2.75, 3.05) is 19.8 Å². The number of hydrogen-bond acceptors (Lipinski definition) is 5. The maximum absolute atomic E-state index is 12.2. The van der Waals surface area contributed by atoms with Crippen LogP contribution in [0.2, 0.25) is 0 Å². The van der Waals surface area contributed by atoms with Crippen LogP contribution in [-0.4, -0.2) is 51.1 Å². The second-order valence-electron chi connectivity index (χ2n) is 7.08. The number of ether oxygens (including phenoxy) is 2. The van der Waals surface area contributed by atoms with Crippen LogP contribution in [0.15, 0.2) is 42.9 Å². The first kappa shape index (κ1) is 19.2. The third-order valence-corrected chi connectivity index (χ3v) is 5.15. The van der Waals surface area contributed by atoms with Gasteiger partial charge < -0.3 is 14.8 Å². The summed E-state index contributed by atoms with van der Waals surface area (Å²) >= 11 is 0. The number of hydrogen-bond donors (Lipinski definition) is 1. The SMILES string of the molecule is Cc1c(-n2ccnc2-c2ccccc2OCC(=O)NCC2CCCO2)cnn1C. The number of nitrogens with zero attached hydrogens (tertiary/aromatic N) is 4. The molecule has 3 heterocycles. The molecule has 2 aromatic heterocycles. The summed E-state index contributed by atoms with van der Waals surface area (Å²) in [6.45, 7) is 3.24. The number of para-hydroxylation sites is 1. The van der Waals surface area contributed by atoms with E-state index in [1.807, 2.05) is 59.9 Å². The molecule has 1 atom stereocenters. The number of aromatic nitrogens is 4. The molecule has 152 valence electrons. The second kappa shape index (κ2) is 8.48. The van der Waals surface area contributed by atoms with Crippen LogP contribution in [0, 0.1) is 6.92 Å². The van der Waals surface area contributed by atoms with Crippen LogP contribution in [-0.2, 0) is 16.6 Å². The van der Waals surface area contributed by atoms with Crippen molar-refractivity contribution >= 4 is 5.91 Å². The molecule has 0 spiro atoms. The lowest BCUT2D eigenvalue weighted by Gasteiger charge is -2.14. The van der Waals surface area contributed by atoms with Gasteiger partial charge in [-0.25, -0.2) is 4.98 Å². The molecule has 29 heavy (non-hydrogen) atoms. The molecular formula is C21H25N5O3. The number of nitrogens with one attached hydrogen (secondary N) is 1. The summed E-state index contributed by atoms with van der Waals surface area (Å²) in [4.78, 5) is 16.7. The van der Waals surface area contributed by atoms with Gasteiger partial charge in [-0.05, 0) is 31.9 Å². The van der Waals surface area contributed by atoms with Gasteiger partial charge in [0.15, 0.2) is 6.61 Å². The highest BCUT2D eigenvalue weighted by Gasteiger charge is 2.18. The van der Waals surface area contributed by atoms with Crippen molar-refractivity contribution < 1.29 is 14.3 Å². The highest BCUT2D eigenvalue weighted by molar-refractivity contribution is 5.78. The Kier molecular flexibility index (Phi) is 5.62. The molecule has 3 aromatic rings. The lowest BCUT2D eigenvalue weighted by atomic mass is 10.2. The highest BCUT2D eigenvalue weighted by atomic mass is 16.5. The summed E-state index contributed by atoms with van der Waals surface area (Å²) in [5.74, 6) is 1.17. The lowest BCUT2D eigenvalue weighted by molar-refractivity contribution is -0.123. The van der Waals surface area contributed by atoms with Crippen LogP contribution in [0.25, 0.3) is 17.1 Å². The molecule has 0 aliphatic carbocycles. The number of amides is 1. The van der Waals surface area contributed by atoms with Crippen molar-refractivity contribution in [2.24, 2.45) is 7.05 Å². The van der Waals surface area contributed by atoms with E-state index in [1.165, 1.54) is 0 Å². The van der Waals surface area contributed by atoms with E-state index in [0.29, 0.717) is 12.3 Å². The van der Waals surface area contributed by atoms with E-state index in [9.17, 15) is 4.79 Å². The van der Waals surface area contributed by atoms with Crippen LogP contribution in [0.5, 0.6) is 5.75 Å². The number of aryl methyl sites for hydroxylation is 1. The summed E-state index contributed by atoms with van der Waals surface area (Å²) in [6.07, 6.45) is 7.59. The van der Waals surface area contributed by atoms with Crippen molar-refractivity contribution in [1.29, 1.82) is 0 Å². The Morgan fingerprint density at radius 2 is 2.24 bits per heavy atom. The maximum atomic E-state index is 12.2. The molecule has 0 bridgehead atoms. The average Bonchev–Trinajstić information content (AvgIpc) is 3.48. The van der Waals surface area contributed by atoms with Gasteiger partial charge in [0.2, 0.25) is 0 Å². The predicted octanol–water partition coefficient (Wildman–Crippen LogP) is 2.26. The third kappa shape index (κ3) is 4.17. The number of carbonyl (C=O) groups excluding carboxylic acids is 1. The smallest absolute Gasteiger partial charge is 0.258 e. The van der Waals surface area contributed by atoms with Crippen molar-refractivity contribution in [2.45, 2.75) is 25.9 Å². The number of benzene rings is 1. The fourth-order valence-electron chi connectivity index (χ4n) is 3.43. The molecule has 1 aliphatic rings. The van der Waals surface area contributed by atoms with Crippen LogP contribution >= 0.6 is 0 Å². The highest BCUT2D eigenvalue weighted by Crippen LogP contribution is 2.30. The molecule has 1 saturated heterocycles. The van der Waals surface area contributed by atoms with Gasteiger partial charge in [0.05, 0.1) is 29.2 Å². The van der Waals surface area contributed by atoms with E-state index in [2.05, 4.69) is 15.4 Å². The number of rotatable bonds is 7. The van der Waals surface area contributed by atoms with E-state index in [1.54, 1.807) is 6.20 Å². The fourth-order valence-corrected chi connectivity index (χ4v) is 3.43. The molecule has 4 rings (SSSR count). The third-order valence-electron chi connectivity index (χ3n) is 5.15. The average molecular weight is 395 g/mol. The van der Waals surface area contributed by atoms with Gasteiger partial charge >= 0.3 is 0 Å². The quantitative estimate of drug-likeness (QED) is 0.663. The van der Waals surface area contributed by atoms with Gasteiger partial charge in [0.25, 0.3) is 5.91 Å². The first-order valence-corrected chi connectivity index (χ1v) is 9.76. The molecule has 0 radical (unpaired) electrons. The van der Waals surface area contributed by atoms with E-state index in [0.717, 1.165) is 42.2 Å². The van der Waals surface area contributed by atoms with E-state index < -0.39 is 0 Å². The Bertz CT molecular complexity index is 988. The summed E-state index contributed by atoms with van der Waals surface area (Å²) in [6, 6.07) is 7.59. The van der Waals surface area contributed by atoms with E-state index >= 15 is 0 Å². The first-order valence-electron chi connectivity index (χ1n) is 9.76. The summed E-state index contributed by atoms with van der Waals surface area (Å²) in [7, 11) is 1.90. The first-order chi connectivity index (χ1) is 14.1. The summed E-state index contributed by atoms with van der Waals surface area (Å²) < 4.78 is 15.2. The molecule has 1 N–H and O–H groups in total.